The van der Waals surface area contributed by atoms with E-state index >= 15 is 0 Å². The second-order valence-electron chi connectivity index (χ2n) is 5.84. The quantitative estimate of drug-likeness (QED) is 0.379. The largest absolute Gasteiger partial charge is 0.465 e. The number of hydrogen-bond acceptors (Lipinski definition) is 7. The molecular formula is C19H23N3O4S. The Hall–Kier alpha value is -2.50. The zero-order valence-corrected chi connectivity index (χ0v) is 15.9. The molecule has 1 aliphatic rings. The van der Waals surface area contributed by atoms with Gasteiger partial charge < -0.3 is 20.1 Å². The van der Waals surface area contributed by atoms with Crippen molar-refractivity contribution in [2.75, 3.05) is 25.1 Å². The van der Waals surface area contributed by atoms with Gasteiger partial charge >= 0.3 is 5.97 Å². The molecule has 0 aliphatic carbocycles. The number of ether oxygens (including phenoxy) is 1. The summed E-state index contributed by atoms with van der Waals surface area (Å²) in [6, 6.07) is 11.4. The van der Waals surface area contributed by atoms with Crippen LogP contribution in [0.2, 0.25) is 0 Å². The van der Waals surface area contributed by atoms with E-state index in [4.69, 9.17) is 9.84 Å². The molecule has 8 heteroatoms. The van der Waals surface area contributed by atoms with Crippen LogP contribution in [0.3, 0.4) is 0 Å². The summed E-state index contributed by atoms with van der Waals surface area (Å²) in [4.78, 5) is 26.8. The van der Waals surface area contributed by atoms with Crippen LogP contribution >= 0.6 is 11.8 Å². The molecule has 1 aromatic rings. The lowest BCUT2D eigenvalue weighted by molar-refractivity contribution is -0.147. The predicted molar refractivity (Wildman–Crippen MR) is 103 cm³/mol. The van der Waals surface area contributed by atoms with E-state index in [0.717, 1.165) is 5.69 Å². The van der Waals surface area contributed by atoms with Gasteiger partial charge in [-0.3, -0.25) is 9.59 Å². The average molecular weight is 389 g/mol. The summed E-state index contributed by atoms with van der Waals surface area (Å²) in [5, 5.41) is 20.9. The maximum atomic E-state index is 12.6. The maximum absolute atomic E-state index is 12.6. The van der Waals surface area contributed by atoms with Crippen molar-refractivity contribution >= 4 is 29.3 Å². The van der Waals surface area contributed by atoms with Crippen LogP contribution in [-0.4, -0.2) is 47.0 Å². The maximum Gasteiger partial charge on any atom is 0.323 e. The number of thioether (sulfide) groups is 1. The van der Waals surface area contributed by atoms with E-state index in [-0.39, 0.29) is 30.9 Å². The molecule has 1 saturated heterocycles. The molecular weight excluding hydrogens is 366 g/mol. The molecule has 2 N–H and O–H groups in total. The number of para-hydroxylation sites is 1. The van der Waals surface area contributed by atoms with Gasteiger partial charge in [0.25, 0.3) is 5.91 Å². The van der Waals surface area contributed by atoms with E-state index in [1.54, 1.807) is 11.1 Å². The second-order valence-corrected chi connectivity index (χ2v) is 7.06. The van der Waals surface area contributed by atoms with Gasteiger partial charge in [0.2, 0.25) is 0 Å². The van der Waals surface area contributed by atoms with E-state index in [2.05, 4.69) is 5.32 Å². The lowest BCUT2D eigenvalue weighted by Crippen LogP contribution is -2.34. The van der Waals surface area contributed by atoms with Crippen molar-refractivity contribution in [3.63, 3.8) is 0 Å². The fraction of sp³-hybridized carbons (Fsp3) is 0.421. The molecule has 1 amide bonds. The van der Waals surface area contributed by atoms with Crippen molar-refractivity contribution in [3.8, 4) is 6.07 Å². The number of aliphatic hydroxyl groups excluding tert-OH is 1. The first kappa shape index (κ1) is 20.8. The molecule has 0 aromatic heterocycles. The van der Waals surface area contributed by atoms with Crippen LogP contribution in [0.1, 0.15) is 19.8 Å². The van der Waals surface area contributed by atoms with Gasteiger partial charge in [0.15, 0.2) is 0 Å². The topological polar surface area (TPSA) is 103 Å². The zero-order valence-electron chi connectivity index (χ0n) is 15.1. The summed E-state index contributed by atoms with van der Waals surface area (Å²) < 4.78 is 5.01. The molecule has 1 heterocycles. The molecule has 144 valence electrons. The number of carbonyl (C=O) groups is 2. The third-order valence-electron chi connectivity index (χ3n) is 3.99. The van der Waals surface area contributed by atoms with Crippen molar-refractivity contribution in [1.29, 1.82) is 5.26 Å². The normalized spacial score (nSPS) is 19.0. The number of likely N-dealkylation sites (N-methyl/N-ethyl adjacent to an activating group) is 1. The van der Waals surface area contributed by atoms with Gasteiger partial charge in [-0.2, -0.15) is 5.26 Å². The summed E-state index contributed by atoms with van der Waals surface area (Å²) in [6.07, 6.45) is 2.19. The van der Waals surface area contributed by atoms with E-state index in [1.807, 2.05) is 43.3 Å². The van der Waals surface area contributed by atoms with Gasteiger partial charge in [0.05, 0.1) is 23.0 Å². The lowest BCUT2D eigenvalue weighted by atomic mass is 10.1. The standard InChI is InChI=1S/C19H23N3O4S/c1-2-22-17(11-14(12-20)19(25)26-10-6-9-23)27-16(18(22)24)13-21-15-7-4-3-5-8-15/h3-5,7-8,13-14,17,21,23H,2,6,9-11H2,1H3/b16-13+/t14-,17?/m1/s1. The van der Waals surface area contributed by atoms with Gasteiger partial charge in [-0.1, -0.05) is 30.0 Å². The Bertz CT molecular complexity index is 717. The number of esters is 1. The third-order valence-corrected chi connectivity index (χ3v) is 5.26. The minimum atomic E-state index is -0.954. The van der Waals surface area contributed by atoms with Crippen LogP contribution < -0.4 is 5.32 Å². The molecule has 0 bridgehead atoms. The number of rotatable bonds is 9. The van der Waals surface area contributed by atoms with Crippen molar-refractivity contribution in [2.45, 2.75) is 25.1 Å². The van der Waals surface area contributed by atoms with Crippen LogP contribution in [-0.2, 0) is 14.3 Å². The number of carbonyl (C=O) groups excluding carboxylic acids is 2. The molecule has 2 atom stereocenters. The molecule has 1 fully saturated rings. The van der Waals surface area contributed by atoms with Crippen LogP contribution in [0.4, 0.5) is 5.69 Å². The first-order chi connectivity index (χ1) is 13.1. The first-order valence-electron chi connectivity index (χ1n) is 8.77. The number of aliphatic hydroxyl groups is 1. The Morgan fingerprint density at radius 3 is 2.85 bits per heavy atom. The number of anilines is 1. The van der Waals surface area contributed by atoms with Crippen molar-refractivity contribution in [1.82, 2.24) is 4.90 Å². The fourth-order valence-corrected chi connectivity index (χ4v) is 3.87. The number of hydrogen-bond donors (Lipinski definition) is 2. The lowest BCUT2D eigenvalue weighted by Gasteiger charge is -2.22. The Kier molecular flexibility index (Phi) is 8.17. The molecule has 1 unspecified atom stereocenters. The summed E-state index contributed by atoms with van der Waals surface area (Å²) in [6.45, 7) is 2.34. The van der Waals surface area contributed by atoms with Gasteiger partial charge in [-0.15, -0.1) is 0 Å². The van der Waals surface area contributed by atoms with Crippen molar-refractivity contribution in [2.24, 2.45) is 5.92 Å². The molecule has 0 spiro atoms. The summed E-state index contributed by atoms with van der Waals surface area (Å²) >= 11 is 1.34. The average Bonchev–Trinajstić information content (AvgIpc) is 2.99. The van der Waals surface area contributed by atoms with Gasteiger partial charge in [-0.25, -0.2) is 0 Å². The monoisotopic (exact) mass is 389 g/mol. The Morgan fingerprint density at radius 1 is 1.48 bits per heavy atom. The molecule has 0 saturated carbocycles. The van der Waals surface area contributed by atoms with Crippen molar-refractivity contribution in [3.05, 3.63) is 41.4 Å². The molecule has 7 nitrogen and oxygen atoms in total. The number of benzene rings is 1. The number of nitriles is 1. The third kappa shape index (κ3) is 5.74. The Labute approximate surface area is 163 Å². The molecule has 1 aromatic carbocycles. The first-order valence-corrected chi connectivity index (χ1v) is 9.65. The van der Waals surface area contributed by atoms with Crippen LogP contribution in [0.5, 0.6) is 0 Å². The minimum absolute atomic E-state index is 0.0773. The Morgan fingerprint density at radius 2 is 2.22 bits per heavy atom. The molecule has 27 heavy (non-hydrogen) atoms. The highest BCUT2D eigenvalue weighted by Gasteiger charge is 2.38. The number of nitrogens with zero attached hydrogens (tertiary/aromatic N) is 2. The van der Waals surface area contributed by atoms with Crippen LogP contribution in [0, 0.1) is 17.2 Å². The highest BCUT2D eigenvalue weighted by atomic mass is 32.2. The minimum Gasteiger partial charge on any atom is -0.465 e. The number of amides is 1. The highest BCUT2D eigenvalue weighted by Crippen LogP contribution is 2.38. The summed E-state index contributed by atoms with van der Waals surface area (Å²) in [5.74, 6) is -1.69. The zero-order chi connectivity index (χ0) is 19.6. The Balaban J connectivity index is 2.02. The molecule has 1 aliphatic heterocycles. The summed E-state index contributed by atoms with van der Waals surface area (Å²) in [7, 11) is 0. The molecule has 2 rings (SSSR count). The van der Waals surface area contributed by atoms with Crippen LogP contribution in [0.25, 0.3) is 0 Å². The van der Waals surface area contributed by atoms with E-state index in [1.165, 1.54) is 11.8 Å². The van der Waals surface area contributed by atoms with Crippen LogP contribution in [0.15, 0.2) is 41.4 Å². The van der Waals surface area contributed by atoms with E-state index in [9.17, 15) is 14.9 Å². The second kappa shape index (κ2) is 10.6. The van der Waals surface area contributed by atoms with Gasteiger partial charge in [0, 0.05) is 37.9 Å². The van der Waals surface area contributed by atoms with Crippen molar-refractivity contribution < 1.29 is 19.4 Å². The van der Waals surface area contributed by atoms with E-state index < -0.39 is 11.9 Å². The van der Waals surface area contributed by atoms with Gasteiger partial charge in [0.1, 0.15) is 5.92 Å². The predicted octanol–water partition coefficient (Wildman–Crippen LogP) is 2.32. The number of nitrogens with one attached hydrogen (secondary N) is 1. The SMILES string of the molecule is CCN1C(=O)/C(=C\Nc2ccccc2)SC1C[C@H](C#N)C(=O)OCCCO. The highest BCUT2D eigenvalue weighted by molar-refractivity contribution is 8.05. The smallest absolute Gasteiger partial charge is 0.323 e. The van der Waals surface area contributed by atoms with E-state index in [0.29, 0.717) is 17.9 Å². The van der Waals surface area contributed by atoms with Gasteiger partial charge in [-0.05, 0) is 19.1 Å². The molecule has 0 radical (unpaired) electrons. The fourth-order valence-electron chi connectivity index (χ4n) is 2.58. The summed E-state index contributed by atoms with van der Waals surface area (Å²) in [5.41, 5.74) is 0.868.